The van der Waals surface area contributed by atoms with Gasteiger partial charge >= 0.3 is 6.02 Å². The zero-order valence-electron chi connectivity index (χ0n) is 6.16. The normalized spacial score (nSPS) is 17.4. The molecule has 0 atom stereocenters. The first kappa shape index (κ1) is 6.99. The Morgan fingerprint density at radius 2 is 2.40 bits per heavy atom. The van der Waals surface area contributed by atoms with Crippen molar-refractivity contribution in [3.8, 4) is 0 Å². The predicted molar refractivity (Wildman–Crippen MR) is 41.6 cm³/mol. The Morgan fingerprint density at radius 3 is 3.10 bits per heavy atom. The number of ether oxygens (including phenoxy) is 1. The van der Waals surface area contributed by atoms with E-state index in [1.165, 1.54) is 0 Å². The van der Waals surface area contributed by atoms with Gasteiger partial charge in [-0.3, -0.25) is 0 Å². The van der Waals surface area contributed by atoms with E-state index in [0.717, 1.165) is 5.57 Å². The van der Waals surface area contributed by atoms with Crippen molar-refractivity contribution in [3.05, 3.63) is 11.6 Å². The minimum Gasteiger partial charge on any atom is -0.467 e. The van der Waals surface area contributed by atoms with E-state index < -0.39 is 0 Å². The smallest absolute Gasteiger partial charge is 0.311 e. The number of rotatable bonds is 0. The largest absolute Gasteiger partial charge is 0.467 e. The number of hydrogen-bond acceptors (Lipinski definition) is 3. The molecule has 0 spiro atoms. The second-order valence-electron chi connectivity index (χ2n) is 2.03. The highest BCUT2D eigenvalue weighted by Gasteiger charge is 1.95. The molecule has 3 heteroatoms. The Balaban J connectivity index is 2.69. The molecule has 0 bridgehead atoms. The van der Waals surface area contributed by atoms with Crippen LogP contribution in [0, 0.1) is 0 Å². The van der Waals surface area contributed by atoms with E-state index in [9.17, 15) is 0 Å². The molecule has 0 aromatic heterocycles. The van der Waals surface area contributed by atoms with Crippen molar-refractivity contribution in [2.75, 3.05) is 13.7 Å². The zero-order valence-corrected chi connectivity index (χ0v) is 6.16. The van der Waals surface area contributed by atoms with E-state index in [2.05, 4.69) is 9.98 Å². The second-order valence-corrected chi connectivity index (χ2v) is 2.03. The topological polar surface area (TPSA) is 34.0 Å². The molecule has 1 aliphatic rings. The maximum Gasteiger partial charge on any atom is 0.311 e. The predicted octanol–water partition coefficient (Wildman–Crippen LogP) is 1.02. The summed E-state index contributed by atoms with van der Waals surface area (Å²) < 4.78 is 4.84. The van der Waals surface area contributed by atoms with Gasteiger partial charge in [0.2, 0.25) is 0 Å². The number of allylic oxidation sites excluding steroid dienone is 1. The molecule has 1 heterocycles. The molecule has 0 amide bonds. The highest BCUT2D eigenvalue weighted by molar-refractivity contribution is 5.91. The van der Waals surface area contributed by atoms with E-state index in [1.54, 1.807) is 13.3 Å². The van der Waals surface area contributed by atoms with E-state index in [4.69, 9.17) is 4.74 Å². The van der Waals surface area contributed by atoms with Crippen LogP contribution in [-0.4, -0.2) is 25.9 Å². The molecular formula is C7H10N2O. The first-order chi connectivity index (χ1) is 4.83. The minimum atomic E-state index is 0.452. The van der Waals surface area contributed by atoms with Gasteiger partial charge in [0.25, 0.3) is 0 Å². The fourth-order valence-electron chi connectivity index (χ4n) is 0.636. The van der Waals surface area contributed by atoms with Gasteiger partial charge in [-0.2, -0.15) is 0 Å². The van der Waals surface area contributed by atoms with Gasteiger partial charge in [-0.05, 0) is 12.5 Å². The molecule has 0 fully saturated rings. The van der Waals surface area contributed by atoms with Crippen LogP contribution in [0.3, 0.4) is 0 Å². The lowest BCUT2D eigenvalue weighted by atomic mass is 10.3. The lowest BCUT2D eigenvalue weighted by Crippen LogP contribution is -1.96. The summed E-state index contributed by atoms with van der Waals surface area (Å²) in [6.45, 7) is 2.65. The molecule has 10 heavy (non-hydrogen) atoms. The summed E-state index contributed by atoms with van der Waals surface area (Å²) in [5, 5.41) is 0. The van der Waals surface area contributed by atoms with Crippen LogP contribution in [-0.2, 0) is 4.74 Å². The van der Waals surface area contributed by atoms with Gasteiger partial charge in [0.1, 0.15) is 0 Å². The molecule has 0 aliphatic carbocycles. The van der Waals surface area contributed by atoms with Crippen molar-refractivity contribution < 1.29 is 4.74 Å². The average Bonchev–Trinajstić information content (AvgIpc) is 2.14. The van der Waals surface area contributed by atoms with Crippen LogP contribution in [0.25, 0.3) is 0 Å². The maximum atomic E-state index is 4.84. The molecule has 1 rings (SSSR count). The monoisotopic (exact) mass is 138 g/mol. The first-order valence-corrected chi connectivity index (χ1v) is 3.12. The summed E-state index contributed by atoms with van der Waals surface area (Å²) in [4.78, 5) is 7.97. The molecule has 0 saturated carbocycles. The van der Waals surface area contributed by atoms with Crippen molar-refractivity contribution in [1.29, 1.82) is 0 Å². The Bertz CT molecular complexity index is 204. The SMILES string of the molecule is COC1=NCC=C(C)C=N1. The van der Waals surface area contributed by atoms with E-state index in [0.29, 0.717) is 12.6 Å². The molecule has 0 aromatic carbocycles. The summed E-state index contributed by atoms with van der Waals surface area (Å²) in [5.41, 5.74) is 1.12. The summed E-state index contributed by atoms with van der Waals surface area (Å²) in [6, 6.07) is 0.452. The molecule has 0 N–H and O–H groups in total. The molecule has 0 aromatic rings. The Kier molecular flexibility index (Phi) is 2.20. The molecular weight excluding hydrogens is 128 g/mol. The van der Waals surface area contributed by atoms with Crippen molar-refractivity contribution in [1.82, 2.24) is 0 Å². The molecule has 0 unspecified atom stereocenters. The minimum absolute atomic E-state index is 0.452. The van der Waals surface area contributed by atoms with Gasteiger partial charge in [-0.15, -0.1) is 0 Å². The van der Waals surface area contributed by atoms with Crippen LogP contribution in [0.1, 0.15) is 6.92 Å². The Labute approximate surface area is 60.1 Å². The summed E-state index contributed by atoms with van der Waals surface area (Å²) in [5.74, 6) is 0. The van der Waals surface area contributed by atoms with Crippen molar-refractivity contribution in [3.63, 3.8) is 0 Å². The fourth-order valence-corrected chi connectivity index (χ4v) is 0.636. The number of methoxy groups -OCH3 is 1. The highest BCUT2D eigenvalue weighted by Crippen LogP contribution is 1.95. The van der Waals surface area contributed by atoms with E-state index in [-0.39, 0.29) is 0 Å². The molecule has 3 nitrogen and oxygen atoms in total. The van der Waals surface area contributed by atoms with Gasteiger partial charge in [-0.25, -0.2) is 9.98 Å². The van der Waals surface area contributed by atoms with Crippen LogP contribution >= 0.6 is 0 Å². The van der Waals surface area contributed by atoms with E-state index >= 15 is 0 Å². The van der Waals surface area contributed by atoms with Crippen LogP contribution in [0.4, 0.5) is 0 Å². The van der Waals surface area contributed by atoms with E-state index in [1.807, 2.05) is 13.0 Å². The van der Waals surface area contributed by atoms with Crippen LogP contribution in [0.2, 0.25) is 0 Å². The van der Waals surface area contributed by atoms with Gasteiger partial charge in [0, 0.05) is 6.21 Å². The van der Waals surface area contributed by atoms with Crippen LogP contribution in [0.5, 0.6) is 0 Å². The molecule has 0 radical (unpaired) electrons. The number of nitrogens with zero attached hydrogens (tertiary/aromatic N) is 2. The number of hydrogen-bond donors (Lipinski definition) is 0. The van der Waals surface area contributed by atoms with Gasteiger partial charge < -0.3 is 4.74 Å². The van der Waals surface area contributed by atoms with Crippen LogP contribution < -0.4 is 0 Å². The number of amidine groups is 1. The standard InChI is InChI=1S/C7H10N2O/c1-6-3-4-8-7(10-2)9-5-6/h3,5H,4H2,1-2H3. The molecule has 54 valence electrons. The maximum absolute atomic E-state index is 4.84. The third kappa shape index (κ3) is 1.69. The quantitative estimate of drug-likeness (QED) is 0.492. The van der Waals surface area contributed by atoms with Crippen LogP contribution in [0.15, 0.2) is 21.6 Å². The highest BCUT2D eigenvalue weighted by atomic mass is 16.5. The summed E-state index contributed by atoms with van der Waals surface area (Å²) in [6.07, 6.45) is 3.74. The number of aliphatic imine (C=N–C) groups is 2. The zero-order chi connectivity index (χ0) is 7.40. The first-order valence-electron chi connectivity index (χ1n) is 3.12. The fraction of sp³-hybridized carbons (Fsp3) is 0.429. The lowest BCUT2D eigenvalue weighted by molar-refractivity contribution is 0.396. The average molecular weight is 138 g/mol. The lowest BCUT2D eigenvalue weighted by Gasteiger charge is -1.92. The third-order valence-corrected chi connectivity index (χ3v) is 1.20. The molecule has 0 saturated heterocycles. The summed E-state index contributed by atoms with van der Waals surface area (Å²) >= 11 is 0. The van der Waals surface area contributed by atoms with Gasteiger partial charge in [0.05, 0.1) is 13.7 Å². The van der Waals surface area contributed by atoms with Crippen molar-refractivity contribution in [2.24, 2.45) is 9.98 Å². The summed E-state index contributed by atoms with van der Waals surface area (Å²) in [7, 11) is 1.57. The van der Waals surface area contributed by atoms with Crippen molar-refractivity contribution >= 4 is 12.2 Å². The van der Waals surface area contributed by atoms with Gasteiger partial charge in [0.15, 0.2) is 0 Å². The Morgan fingerprint density at radius 1 is 1.60 bits per heavy atom. The van der Waals surface area contributed by atoms with Crippen molar-refractivity contribution in [2.45, 2.75) is 6.92 Å². The molecule has 1 aliphatic heterocycles. The van der Waals surface area contributed by atoms with Gasteiger partial charge in [-0.1, -0.05) is 6.08 Å². The third-order valence-electron chi connectivity index (χ3n) is 1.20. The Hall–Kier alpha value is -1.12. The second kappa shape index (κ2) is 3.15.